The third-order valence-electron chi connectivity index (χ3n) is 3.95. The molecule has 1 amide bonds. The van der Waals surface area contributed by atoms with E-state index in [0.29, 0.717) is 0 Å². The van der Waals surface area contributed by atoms with Crippen LogP contribution in [0.15, 0.2) is 6.07 Å². The number of aromatic nitrogens is 2. The van der Waals surface area contributed by atoms with Gasteiger partial charge in [0, 0.05) is 44.0 Å². The Morgan fingerprint density at radius 1 is 1.14 bits per heavy atom. The number of nitrogens with one attached hydrogen (secondary N) is 1. The Morgan fingerprint density at radius 2 is 1.77 bits per heavy atom. The number of carbonyl (C=O) groups excluding carboxylic acids is 1. The topological polar surface area (TPSA) is 61.4 Å². The molecule has 2 heterocycles. The summed E-state index contributed by atoms with van der Waals surface area (Å²) in [5.41, 5.74) is 0.995. The van der Waals surface area contributed by atoms with E-state index in [2.05, 4.69) is 25.1 Å². The highest BCUT2D eigenvalue weighted by atomic mass is 16.2. The second-order valence-corrected chi connectivity index (χ2v) is 6.28. The van der Waals surface area contributed by atoms with Gasteiger partial charge in [-0.15, -0.1) is 0 Å². The first-order valence-electron chi connectivity index (χ1n) is 7.98. The molecule has 1 aliphatic heterocycles. The van der Waals surface area contributed by atoms with Crippen molar-refractivity contribution in [2.24, 2.45) is 0 Å². The summed E-state index contributed by atoms with van der Waals surface area (Å²) in [7, 11) is 0. The van der Waals surface area contributed by atoms with Crippen LogP contribution in [0.25, 0.3) is 0 Å². The van der Waals surface area contributed by atoms with Crippen LogP contribution in [0.2, 0.25) is 0 Å². The minimum atomic E-state index is -0.0848. The van der Waals surface area contributed by atoms with Crippen molar-refractivity contribution in [2.75, 3.05) is 31.1 Å². The van der Waals surface area contributed by atoms with Gasteiger partial charge in [0.15, 0.2) is 0 Å². The van der Waals surface area contributed by atoms with Crippen molar-refractivity contribution in [1.82, 2.24) is 20.2 Å². The quantitative estimate of drug-likeness (QED) is 0.903. The summed E-state index contributed by atoms with van der Waals surface area (Å²) >= 11 is 0. The smallest absolute Gasteiger partial charge is 0.237 e. The Bertz CT molecular complexity index is 503. The first kappa shape index (κ1) is 16.7. The number of piperazine rings is 1. The lowest BCUT2D eigenvalue weighted by molar-refractivity contribution is -0.126. The van der Waals surface area contributed by atoms with Crippen LogP contribution in [0.1, 0.15) is 32.3 Å². The third-order valence-corrected chi connectivity index (χ3v) is 3.95. The van der Waals surface area contributed by atoms with Gasteiger partial charge in [0.25, 0.3) is 0 Å². The van der Waals surface area contributed by atoms with Crippen LogP contribution in [-0.4, -0.2) is 59.0 Å². The number of amides is 1. The number of anilines is 1. The second-order valence-electron chi connectivity index (χ2n) is 6.28. The van der Waals surface area contributed by atoms with E-state index in [-0.39, 0.29) is 18.0 Å². The summed E-state index contributed by atoms with van der Waals surface area (Å²) in [5, 5.41) is 2.98. The Labute approximate surface area is 132 Å². The maximum atomic E-state index is 12.1. The molecule has 0 saturated carbocycles. The summed E-state index contributed by atoms with van der Waals surface area (Å²) in [6.07, 6.45) is 0. The van der Waals surface area contributed by atoms with E-state index >= 15 is 0 Å². The van der Waals surface area contributed by atoms with Gasteiger partial charge in [0.2, 0.25) is 5.91 Å². The zero-order valence-corrected chi connectivity index (χ0v) is 14.3. The molecule has 1 N–H and O–H groups in total. The van der Waals surface area contributed by atoms with Gasteiger partial charge in [0.05, 0.1) is 6.04 Å². The fourth-order valence-electron chi connectivity index (χ4n) is 2.77. The van der Waals surface area contributed by atoms with Gasteiger partial charge in [0.1, 0.15) is 11.6 Å². The largest absolute Gasteiger partial charge is 0.354 e. The van der Waals surface area contributed by atoms with Crippen molar-refractivity contribution in [1.29, 1.82) is 0 Å². The molecule has 22 heavy (non-hydrogen) atoms. The van der Waals surface area contributed by atoms with Crippen LogP contribution in [0, 0.1) is 13.8 Å². The summed E-state index contributed by atoms with van der Waals surface area (Å²) in [5.74, 6) is 1.91. The highest BCUT2D eigenvalue weighted by Crippen LogP contribution is 2.16. The van der Waals surface area contributed by atoms with Crippen LogP contribution in [0.3, 0.4) is 0 Å². The van der Waals surface area contributed by atoms with Gasteiger partial charge in [-0.25, -0.2) is 9.97 Å². The van der Waals surface area contributed by atoms with Gasteiger partial charge in [-0.2, -0.15) is 0 Å². The lowest BCUT2D eigenvalue weighted by atomic mass is 10.2. The van der Waals surface area contributed by atoms with Gasteiger partial charge >= 0.3 is 0 Å². The van der Waals surface area contributed by atoms with Crippen molar-refractivity contribution in [3.63, 3.8) is 0 Å². The predicted molar refractivity (Wildman–Crippen MR) is 88.0 cm³/mol. The van der Waals surface area contributed by atoms with Crippen molar-refractivity contribution in [3.8, 4) is 0 Å². The van der Waals surface area contributed by atoms with Crippen LogP contribution in [0.4, 0.5) is 5.82 Å². The Morgan fingerprint density at radius 3 is 2.32 bits per heavy atom. The van der Waals surface area contributed by atoms with Crippen molar-refractivity contribution in [2.45, 2.75) is 46.7 Å². The number of rotatable bonds is 4. The molecule has 0 aliphatic carbocycles. The number of nitrogens with zero attached hydrogens (tertiary/aromatic N) is 4. The average Bonchev–Trinajstić information content (AvgIpc) is 2.45. The summed E-state index contributed by atoms with van der Waals surface area (Å²) in [6.45, 7) is 13.4. The zero-order valence-electron chi connectivity index (χ0n) is 14.3. The zero-order chi connectivity index (χ0) is 16.3. The SMILES string of the molecule is Cc1cc(N2CCN(C(C)C(=O)NC(C)C)CC2)nc(C)n1. The Kier molecular flexibility index (Phi) is 5.34. The fraction of sp³-hybridized carbons (Fsp3) is 0.688. The molecule has 1 saturated heterocycles. The van der Waals surface area contributed by atoms with E-state index in [4.69, 9.17) is 0 Å². The third kappa shape index (κ3) is 4.16. The standard InChI is InChI=1S/C16H27N5O/c1-11(2)17-16(22)13(4)20-6-8-21(9-7-20)15-10-12(3)18-14(5)19-15/h10-11,13H,6-9H2,1-5H3,(H,17,22). The van der Waals surface area contributed by atoms with Gasteiger partial charge in [-0.1, -0.05) is 0 Å². The highest BCUT2D eigenvalue weighted by molar-refractivity contribution is 5.81. The van der Waals surface area contributed by atoms with E-state index in [1.165, 1.54) is 0 Å². The molecule has 0 bridgehead atoms. The lowest BCUT2D eigenvalue weighted by Gasteiger charge is -2.38. The van der Waals surface area contributed by atoms with Crippen molar-refractivity contribution >= 4 is 11.7 Å². The molecule has 2 rings (SSSR count). The van der Waals surface area contributed by atoms with E-state index in [1.54, 1.807) is 0 Å². The maximum Gasteiger partial charge on any atom is 0.237 e. The molecule has 6 nitrogen and oxygen atoms in total. The summed E-state index contributed by atoms with van der Waals surface area (Å²) < 4.78 is 0. The Balaban J connectivity index is 1.94. The lowest BCUT2D eigenvalue weighted by Crippen LogP contribution is -2.54. The molecule has 0 radical (unpaired) electrons. The van der Waals surface area contributed by atoms with E-state index < -0.39 is 0 Å². The summed E-state index contributed by atoms with van der Waals surface area (Å²) in [4.78, 5) is 25.4. The van der Waals surface area contributed by atoms with Crippen molar-refractivity contribution in [3.05, 3.63) is 17.6 Å². The maximum absolute atomic E-state index is 12.1. The number of aryl methyl sites for hydroxylation is 2. The molecular weight excluding hydrogens is 278 g/mol. The molecule has 0 aromatic carbocycles. The van der Waals surface area contributed by atoms with Crippen LogP contribution in [-0.2, 0) is 4.79 Å². The van der Waals surface area contributed by atoms with Gasteiger partial charge in [-0.05, 0) is 34.6 Å². The molecule has 1 unspecified atom stereocenters. The molecule has 1 fully saturated rings. The van der Waals surface area contributed by atoms with Gasteiger partial charge < -0.3 is 10.2 Å². The molecule has 1 aliphatic rings. The number of hydrogen-bond donors (Lipinski definition) is 1. The predicted octanol–water partition coefficient (Wildman–Crippen LogP) is 1.13. The molecular formula is C16H27N5O. The molecule has 1 aromatic rings. The number of carbonyl (C=O) groups is 1. The first-order valence-corrected chi connectivity index (χ1v) is 7.98. The molecule has 6 heteroatoms. The van der Waals surface area contributed by atoms with Crippen molar-refractivity contribution < 1.29 is 4.79 Å². The van der Waals surface area contributed by atoms with Gasteiger partial charge in [-0.3, -0.25) is 9.69 Å². The molecule has 1 aromatic heterocycles. The fourth-order valence-corrected chi connectivity index (χ4v) is 2.77. The van der Waals surface area contributed by atoms with E-state index in [0.717, 1.165) is 43.5 Å². The molecule has 122 valence electrons. The monoisotopic (exact) mass is 305 g/mol. The normalized spacial score (nSPS) is 17.6. The number of hydrogen-bond acceptors (Lipinski definition) is 5. The highest BCUT2D eigenvalue weighted by Gasteiger charge is 2.26. The van der Waals surface area contributed by atoms with E-state index in [9.17, 15) is 4.79 Å². The van der Waals surface area contributed by atoms with Crippen LogP contribution >= 0.6 is 0 Å². The van der Waals surface area contributed by atoms with Crippen LogP contribution in [0.5, 0.6) is 0 Å². The summed E-state index contributed by atoms with van der Waals surface area (Å²) in [6, 6.07) is 2.12. The minimum absolute atomic E-state index is 0.0848. The second kappa shape index (κ2) is 7.05. The molecule has 1 atom stereocenters. The minimum Gasteiger partial charge on any atom is -0.354 e. The Hall–Kier alpha value is -1.69. The van der Waals surface area contributed by atoms with E-state index in [1.807, 2.05) is 40.7 Å². The molecule has 0 spiro atoms. The van der Waals surface area contributed by atoms with Crippen LogP contribution < -0.4 is 10.2 Å². The first-order chi connectivity index (χ1) is 10.4. The average molecular weight is 305 g/mol.